The van der Waals surface area contributed by atoms with Crippen molar-refractivity contribution in [3.05, 3.63) is 53.1 Å². The van der Waals surface area contributed by atoms with E-state index in [1.54, 1.807) is 0 Å². The number of amides is 2. The molecule has 0 aliphatic carbocycles. The summed E-state index contributed by atoms with van der Waals surface area (Å²) >= 11 is 5.67. The molecule has 0 saturated heterocycles. The van der Waals surface area contributed by atoms with Crippen LogP contribution >= 0.6 is 11.6 Å². The van der Waals surface area contributed by atoms with Crippen LogP contribution in [0.3, 0.4) is 0 Å². The summed E-state index contributed by atoms with van der Waals surface area (Å²) in [6, 6.07) is 6.58. The van der Waals surface area contributed by atoms with Crippen molar-refractivity contribution in [1.82, 2.24) is 9.88 Å². The van der Waals surface area contributed by atoms with Gasteiger partial charge in [-0.1, -0.05) is 11.6 Å². The summed E-state index contributed by atoms with van der Waals surface area (Å²) in [4.78, 5) is 39.1. The molecule has 0 fully saturated rings. The van der Waals surface area contributed by atoms with Crippen molar-refractivity contribution in [3.8, 4) is 0 Å². The molecule has 2 rings (SSSR count). The average Bonchev–Trinajstić information content (AvgIpc) is 3.00. The van der Waals surface area contributed by atoms with Crippen LogP contribution in [0.15, 0.2) is 36.5 Å². The quantitative estimate of drug-likeness (QED) is 0.764. The van der Waals surface area contributed by atoms with Crippen LogP contribution in [-0.4, -0.2) is 47.9 Å². The maximum Gasteiger partial charge on any atom is 0.355 e. The highest BCUT2D eigenvalue weighted by Gasteiger charge is 2.17. The third-order valence-electron chi connectivity index (χ3n) is 3.13. The molecule has 132 valence electrons. The number of H-pyrrole nitrogens is 1. The van der Waals surface area contributed by atoms with Crippen molar-refractivity contribution < 1.29 is 23.5 Å². The lowest BCUT2D eigenvalue weighted by Crippen LogP contribution is -2.37. The number of hydrogen-bond acceptors (Lipinski definition) is 4. The second-order valence-corrected chi connectivity index (χ2v) is 5.55. The van der Waals surface area contributed by atoms with E-state index < -0.39 is 30.2 Å². The van der Waals surface area contributed by atoms with E-state index in [4.69, 9.17) is 16.3 Å². The summed E-state index contributed by atoms with van der Waals surface area (Å²) < 4.78 is 17.6. The van der Waals surface area contributed by atoms with Crippen molar-refractivity contribution in [1.29, 1.82) is 0 Å². The van der Waals surface area contributed by atoms with Crippen LogP contribution in [0, 0.1) is 5.82 Å². The first-order valence-electron chi connectivity index (χ1n) is 7.15. The van der Waals surface area contributed by atoms with Crippen molar-refractivity contribution in [2.75, 3.05) is 25.5 Å². The second kappa shape index (κ2) is 8.29. The van der Waals surface area contributed by atoms with Gasteiger partial charge in [0.25, 0.3) is 5.91 Å². The van der Waals surface area contributed by atoms with Crippen LogP contribution in [0.4, 0.5) is 10.1 Å². The molecule has 0 bridgehead atoms. The van der Waals surface area contributed by atoms with Gasteiger partial charge in [-0.05, 0) is 30.3 Å². The Kier molecular flexibility index (Phi) is 6.13. The van der Waals surface area contributed by atoms with E-state index in [2.05, 4.69) is 10.3 Å². The number of nitrogens with one attached hydrogen (secondary N) is 2. The average molecular weight is 368 g/mol. The Morgan fingerprint density at radius 2 is 1.96 bits per heavy atom. The molecule has 0 atom stereocenters. The highest BCUT2D eigenvalue weighted by atomic mass is 35.5. The van der Waals surface area contributed by atoms with Crippen LogP contribution in [0.2, 0.25) is 5.02 Å². The molecule has 0 saturated carbocycles. The molecule has 1 heterocycles. The van der Waals surface area contributed by atoms with Crippen molar-refractivity contribution >= 4 is 35.1 Å². The van der Waals surface area contributed by atoms with Gasteiger partial charge in [0.05, 0.1) is 11.6 Å². The van der Waals surface area contributed by atoms with E-state index in [0.717, 1.165) is 4.90 Å². The third-order valence-corrected chi connectivity index (χ3v) is 3.35. The summed E-state index contributed by atoms with van der Waals surface area (Å²) in [6.45, 7) is -0.766. The first-order valence-corrected chi connectivity index (χ1v) is 7.53. The molecule has 9 heteroatoms. The van der Waals surface area contributed by atoms with Gasteiger partial charge >= 0.3 is 5.97 Å². The maximum atomic E-state index is 12.8. The van der Waals surface area contributed by atoms with Crippen LogP contribution in [-0.2, 0) is 14.3 Å². The zero-order valence-electron chi connectivity index (χ0n) is 13.2. The van der Waals surface area contributed by atoms with Gasteiger partial charge in [-0.15, -0.1) is 0 Å². The number of ether oxygens (including phenoxy) is 1. The molecule has 1 aromatic heterocycles. The van der Waals surface area contributed by atoms with Gasteiger partial charge < -0.3 is 19.9 Å². The summed E-state index contributed by atoms with van der Waals surface area (Å²) in [7, 11) is 1.39. The molecule has 2 aromatic rings. The van der Waals surface area contributed by atoms with E-state index >= 15 is 0 Å². The van der Waals surface area contributed by atoms with Crippen molar-refractivity contribution in [3.63, 3.8) is 0 Å². The number of anilines is 1. The zero-order valence-corrected chi connectivity index (χ0v) is 14.0. The fourth-order valence-corrected chi connectivity index (χ4v) is 2.00. The lowest BCUT2D eigenvalue weighted by atomic mass is 10.3. The van der Waals surface area contributed by atoms with Crippen LogP contribution < -0.4 is 5.32 Å². The first kappa shape index (κ1) is 18.5. The summed E-state index contributed by atoms with van der Waals surface area (Å²) in [5, 5.41) is 2.86. The predicted molar refractivity (Wildman–Crippen MR) is 88.8 cm³/mol. The van der Waals surface area contributed by atoms with Crippen molar-refractivity contribution in [2.45, 2.75) is 0 Å². The minimum Gasteiger partial charge on any atom is -0.451 e. The third kappa shape index (κ3) is 5.61. The number of halogens is 2. The normalized spacial score (nSPS) is 10.2. The first-order chi connectivity index (χ1) is 11.8. The predicted octanol–water partition coefficient (Wildman–Crippen LogP) is 2.06. The molecular weight excluding hydrogens is 353 g/mol. The molecular formula is C16H15ClFN3O4. The minimum absolute atomic E-state index is 0.120. The Hall–Kier alpha value is -2.87. The van der Waals surface area contributed by atoms with E-state index in [0.29, 0.717) is 10.7 Å². The number of benzene rings is 1. The summed E-state index contributed by atoms with van der Waals surface area (Å²) in [6.07, 6.45) is 1.41. The Balaban J connectivity index is 1.78. The number of likely N-dealkylation sites (N-methyl/N-ethyl adjacent to an activating group) is 1. The van der Waals surface area contributed by atoms with Gasteiger partial charge in [0.2, 0.25) is 5.91 Å². The number of carbonyl (C=O) groups excluding carboxylic acids is 3. The van der Waals surface area contributed by atoms with Gasteiger partial charge in [0.1, 0.15) is 11.5 Å². The molecule has 2 amide bonds. The molecule has 0 unspecified atom stereocenters. The highest BCUT2D eigenvalue weighted by Crippen LogP contribution is 2.10. The molecule has 0 radical (unpaired) electrons. The highest BCUT2D eigenvalue weighted by molar-refractivity contribution is 6.30. The van der Waals surface area contributed by atoms with Crippen LogP contribution in [0.5, 0.6) is 0 Å². The van der Waals surface area contributed by atoms with Gasteiger partial charge in [-0.3, -0.25) is 9.59 Å². The number of hydrogen-bond donors (Lipinski definition) is 2. The minimum atomic E-state index is -0.732. The van der Waals surface area contributed by atoms with E-state index in [9.17, 15) is 18.8 Å². The topological polar surface area (TPSA) is 91.5 Å². The standard InChI is InChI=1S/C16H15ClFN3O4/c1-21(8-14(22)20-12-4-2-11(18)3-5-12)15(23)9-25-16(24)13-6-10(17)7-19-13/h2-7,19H,8-9H2,1H3,(H,20,22). The fraction of sp³-hybridized carbons (Fsp3) is 0.188. The largest absolute Gasteiger partial charge is 0.451 e. The monoisotopic (exact) mass is 367 g/mol. The van der Waals surface area contributed by atoms with E-state index in [1.807, 2.05) is 0 Å². The second-order valence-electron chi connectivity index (χ2n) is 5.11. The van der Waals surface area contributed by atoms with Gasteiger partial charge in [0, 0.05) is 18.9 Å². The van der Waals surface area contributed by atoms with E-state index in [1.165, 1.54) is 43.6 Å². The molecule has 0 aliphatic heterocycles. The number of aromatic nitrogens is 1. The van der Waals surface area contributed by atoms with E-state index in [-0.39, 0.29) is 12.2 Å². The Morgan fingerprint density at radius 3 is 2.56 bits per heavy atom. The number of carbonyl (C=O) groups is 3. The number of esters is 1. The Morgan fingerprint density at radius 1 is 1.28 bits per heavy atom. The number of nitrogens with zero attached hydrogens (tertiary/aromatic N) is 1. The van der Waals surface area contributed by atoms with Gasteiger partial charge in [-0.2, -0.15) is 0 Å². The lowest BCUT2D eigenvalue weighted by Gasteiger charge is -2.16. The van der Waals surface area contributed by atoms with Gasteiger partial charge in [-0.25, -0.2) is 9.18 Å². The van der Waals surface area contributed by atoms with Crippen LogP contribution in [0.25, 0.3) is 0 Å². The fourth-order valence-electron chi connectivity index (χ4n) is 1.84. The number of aromatic amines is 1. The van der Waals surface area contributed by atoms with Gasteiger partial charge in [0.15, 0.2) is 6.61 Å². The molecule has 1 aromatic carbocycles. The SMILES string of the molecule is CN(CC(=O)Nc1ccc(F)cc1)C(=O)COC(=O)c1cc(Cl)c[nH]1. The summed E-state index contributed by atoms with van der Waals surface area (Å²) in [5.74, 6) is -2.18. The summed E-state index contributed by atoms with van der Waals surface area (Å²) in [5.41, 5.74) is 0.525. The molecule has 2 N–H and O–H groups in total. The molecule has 0 spiro atoms. The zero-order chi connectivity index (χ0) is 18.4. The lowest BCUT2D eigenvalue weighted by molar-refractivity contribution is -0.136. The smallest absolute Gasteiger partial charge is 0.355 e. The number of rotatable bonds is 6. The molecule has 0 aliphatic rings. The maximum absolute atomic E-state index is 12.8. The molecule has 25 heavy (non-hydrogen) atoms. The Bertz CT molecular complexity index is 776. The Labute approximate surface area is 147 Å². The van der Waals surface area contributed by atoms with Crippen molar-refractivity contribution in [2.24, 2.45) is 0 Å². The van der Waals surface area contributed by atoms with Crippen LogP contribution in [0.1, 0.15) is 10.5 Å². The molecule has 7 nitrogen and oxygen atoms in total.